The van der Waals surface area contributed by atoms with E-state index < -0.39 is 0 Å². The molecule has 0 aromatic heterocycles. The number of likely N-dealkylation sites (tertiary alicyclic amines) is 1. The lowest BCUT2D eigenvalue weighted by atomic mass is 9.97. The Hall–Kier alpha value is -1.86. The third-order valence-corrected chi connectivity index (χ3v) is 5.32. The molecule has 118 valence electrons. The van der Waals surface area contributed by atoms with Gasteiger partial charge >= 0.3 is 0 Å². The second-order valence-electron chi connectivity index (χ2n) is 6.81. The van der Waals surface area contributed by atoms with Crippen LogP contribution < -0.4 is 0 Å². The topological polar surface area (TPSA) is 3.24 Å². The maximum atomic E-state index is 2.65. The number of rotatable bonds is 4. The van der Waals surface area contributed by atoms with E-state index in [1.807, 2.05) is 0 Å². The minimum Gasteiger partial charge on any atom is -0.303 e. The summed E-state index contributed by atoms with van der Waals surface area (Å²) >= 11 is 0. The summed E-state index contributed by atoms with van der Waals surface area (Å²) in [7, 11) is 0. The molecule has 1 aliphatic carbocycles. The van der Waals surface area contributed by atoms with Crippen LogP contribution in [-0.2, 0) is 6.42 Å². The van der Waals surface area contributed by atoms with E-state index in [1.165, 1.54) is 62.0 Å². The maximum Gasteiger partial charge on any atom is 0.00221 e. The molecule has 1 fully saturated rings. The molecule has 0 amide bonds. The van der Waals surface area contributed by atoms with Crippen molar-refractivity contribution in [2.75, 3.05) is 19.6 Å². The van der Waals surface area contributed by atoms with Crippen molar-refractivity contribution in [2.24, 2.45) is 0 Å². The summed E-state index contributed by atoms with van der Waals surface area (Å²) in [6.07, 6.45) is 6.44. The molecule has 0 atom stereocenters. The van der Waals surface area contributed by atoms with Crippen LogP contribution in [0.25, 0.3) is 11.1 Å². The van der Waals surface area contributed by atoms with Gasteiger partial charge in [-0.1, -0.05) is 61.0 Å². The number of benzene rings is 2. The molecule has 0 unspecified atom stereocenters. The molecule has 1 aliphatic heterocycles. The zero-order chi connectivity index (χ0) is 15.5. The third kappa shape index (κ3) is 3.11. The molecule has 1 saturated heterocycles. The minimum absolute atomic E-state index is 1.09. The van der Waals surface area contributed by atoms with Crippen LogP contribution in [0.3, 0.4) is 0 Å². The zero-order valence-corrected chi connectivity index (χ0v) is 13.8. The SMILES string of the molecule is c1ccc(C2=C(CCN3CCCCC3)c3ccccc3C2)cc1. The highest BCUT2D eigenvalue weighted by Gasteiger charge is 2.22. The monoisotopic (exact) mass is 303 g/mol. The van der Waals surface area contributed by atoms with Gasteiger partial charge in [0, 0.05) is 6.54 Å². The van der Waals surface area contributed by atoms with Crippen molar-refractivity contribution >= 4 is 11.1 Å². The van der Waals surface area contributed by atoms with E-state index in [4.69, 9.17) is 0 Å². The van der Waals surface area contributed by atoms with Crippen molar-refractivity contribution in [3.8, 4) is 0 Å². The van der Waals surface area contributed by atoms with Crippen LogP contribution in [0.15, 0.2) is 54.6 Å². The van der Waals surface area contributed by atoms with Gasteiger partial charge in [-0.05, 0) is 66.6 Å². The van der Waals surface area contributed by atoms with Gasteiger partial charge in [-0.15, -0.1) is 0 Å². The van der Waals surface area contributed by atoms with Crippen molar-refractivity contribution < 1.29 is 0 Å². The summed E-state index contributed by atoms with van der Waals surface area (Å²) in [4.78, 5) is 2.65. The summed E-state index contributed by atoms with van der Waals surface area (Å²) in [5, 5.41) is 0. The van der Waals surface area contributed by atoms with Crippen LogP contribution in [0.1, 0.15) is 42.4 Å². The normalized spacial score (nSPS) is 18.3. The van der Waals surface area contributed by atoms with Gasteiger partial charge in [-0.2, -0.15) is 0 Å². The Labute approximate surface area is 139 Å². The number of hydrogen-bond acceptors (Lipinski definition) is 1. The molecule has 0 N–H and O–H groups in total. The van der Waals surface area contributed by atoms with Crippen molar-refractivity contribution in [1.29, 1.82) is 0 Å². The second-order valence-corrected chi connectivity index (χ2v) is 6.81. The van der Waals surface area contributed by atoms with Crippen LogP contribution in [0, 0.1) is 0 Å². The highest BCUT2D eigenvalue weighted by atomic mass is 15.1. The largest absolute Gasteiger partial charge is 0.303 e. The van der Waals surface area contributed by atoms with Gasteiger partial charge in [0.25, 0.3) is 0 Å². The predicted molar refractivity (Wildman–Crippen MR) is 98.3 cm³/mol. The van der Waals surface area contributed by atoms with Crippen LogP contribution in [-0.4, -0.2) is 24.5 Å². The molecule has 2 aliphatic rings. The Bertz CT molecular complexity index is 693. The number of fused-ring (bicyclic) bond motifs is 1. The van der Waals surface area contributed by atoms with E-state index >= 15 is 0 Å². The highest BCUT2D eigenvalue weighted by molar-refractivity contribution is 5.97. The molecule has 2 aromatic rings. The summed E-state index contributed by atoms with van der Waals surface area (Å²) in [6.45, 7) is 3.78. The Morgan fingerprint density at radius 2 is 1.52 bits per heavy atom. The van der Waals surface area contributed by atoms with Crippen molar-refractivity contribution in [2.45, 2.75) is 32.1 Å². The fourth-order valence-corrected chi connectivity index (χ4v) is 4.08. The third-order valence-electron chi connectivity index (χ3n) is 5.32. The lowest BCUT2D eigenvalue weighted by Crippen LogP contribution is -2.30. The molecule has 4 rings (SSSR count). The van der Waals surface area contributed by atoms with Gasteiger partial charge in [0.2, 0.25) is 0 Å². The molecule has 1 heteroatoms. The minimum atomic E-state index is 1.09. The molecule has 0 spiro atoms. The summed E-state index contributed by atoms with van der Waals surface area (Å²) < 4.78 is 0. The first kappa shape index (κ1) is 14.7. The predicted octanol–water partition coefficient (Wildman–Crippen LogP) is 5.03. The number of hydrogen-bond donors (Lipinski definition) is 0. The first-order valence-corrected chi connectivity index (χ1v) is 9.00. The summed E-state index contributed by atoms with van der Waals surface area (Å²) in [5.41, 5.74) is 7.52. The Balaban J connectivity index is 1.62. The van der Waals surface area contributed by atoms with Gasteiger partial charge < -0.3 is 4.90 Å². The summed E-state index contributed by atoms with van der Waals surface area (Å²) in [6, 6.07) is 19.9. The lowest BCUT2D eigenvalue weighted by molar-refractivity contribution is 0.234. The van der Waals surface area contributed by atoms with Gasteiger partial charge in [0.05, 0.1) is 0 Å². The number of piperidine rings is 1. The zero-order valence-electron chi connectivity index (χ0n) is 13.8. The molecule has 23 heavy (non-hydrogen) atoms. The fraction of sp³-hybridized carbons (Fsp3) is 0.364. The van der Waals surface area contributed by atoms with Gasteiger partial charge in [-0.3, -0.25) is 0 Å². The molecule has 2 aromatic carbocycles. The average Bonchev–Trinajstić information content (AvgIpc) is 3.00. The van der Waals surface area contributed by atoms with E-state index in [9.17, 15) is 0 Å². The highest BCUT2D eigenvalue weighted by Crippen LogP contribution is 2.40. The smallest absolute Gasteiger partial charge is 0.00221 e. The molecular formula is C22H25N. The second kappa shape index (κ2) is 6.72. The molecule has 0 radical (unpaired) electrons. The van der Waals surface area contributed by atoms with Crippen LogP contribution >= 0.6 is 0 Å². The number of nitrogens with zero attached hydrogens (tertiary/aromatic N) is 1. The van der Waals surface area contributed by atoms with Gasteiger partial charge in [0.1, 0.15) is 0 Å². The van der Waals surface area contributed by atoms with E-state index in [2.05, 4.69) is 59.5 Å². The first-order chi connectivity index (χ1) is 11.4. The number of allylic oxidation sites excluding steroid dienone is 1. The first-order valence-electron chi connectivity index (χ1n) is 9.00. The van der Waals surface area contributed by atoms with Crippen molar-refractivity contribution in [3.05, 3.63) is 71.3 Å². The van der Waals surface area contributed by atoms with E-state index in [1.54, 1.807) is 11.1 Å². The van der Waals surface area contributed by atoms with E-state index in [0.717, 1.165) is 6.42 Å². The molecule has 0 bridgehead atoms. The van der Waals surface area contributed by atoms with Crippen LogP contribution in [0.4, 0.5) is 0 Å². The summed E-state index contributed by atoms with van der Waals surface area (Å²) in [5.74, 6) is 0. The Morgan fingerprint density at radius 1 is 0.783 bits per heavy atom. The van der Waals surface area contributed by atoms with Crippen molar-refractivity contribution in [3.63, 3.8) is 0 Å². The standard InChI is InChI=1S/C22H25N/c1-3-9-18(10-4-1)22-17-19-11-5-6-12-20(19)21(22)13-16-23-14-7-2-8-15-23/h1,3-6,9-12H,2,7-8,13-17H2. The molecule has 1 heterocycles. The average molecular weight is 303 g/mol. The Morgan fingerprint density at radius 3 is 2.35 bits per heavy atom. The van der Waals surface area contributed by atoms with Gasteiger partial charge in [0.15, 0.2) is 0 Å². The van der Waals surface area contributed by atoms with Crippen LogP contribution in [0.2, 0.25) is 0 Å². The van der Waals surface area contributed by atoms with Gasteiger partial charge in [-0.25, -0.2) is 0 Å². The van der Waals surface area contributed by atoms with E-state index in [0.29, 0.717) is 0 Å². The fourth-order valence-electron chi connectivity index (χ4n) is 4.08. The molecular weight excluding hydrogens is 278 g/mol. The maximum absolute atomic E-state index is 2.65. The van der Waals surface area contributed by atoms with E-state index in [-0.39, 0.29) is 0 Å². The quantitative estimate of drug-likeness (QED) is 0.765. The lowest BCUT2D eigenvalue weighted by Gasteiger charge is -2.26. The molecule has 0 saturated carbocycles. The van der Waals surface area contributed by atoms with Crippen molar-refractivity contribution in [1.82, 2.24) is 4.90 Å². The molecule has 1 nitrogen and oxygen atoms in total. The van der Waals surface area contributed by atoms with Crippen LogP contribution in [0.5, 0.6) is 0 Å². The Kier molecular flexibility index (Phi) is 4.30.